The number of hydrogen-bond donors (Lipinski definition) is 1. The van der Waals surface area contributed by atoms with E-state index in [9.17, 15) is 18.0 Å². The summed E-state index contributed by atoms with van der Waals surface area (Å²) in [6.45, 7) is 0.251. The number of nitrogens with one attached hydrogen (secondary N) is 1. The third kappa shape index (κ3) is 6.57. The lowest BCUT2D eigenvalue weighted by Gasteiger charge is -2.12. The standard InChI is InChI=1S/C24H18ClF3N4O3/c25-21-6-5-19(10-20(21)24(26,27)28)35-18-3-1-15(2-4-18)7-8-34-23-31-13-17(22(33)32-23)9-16-11-29-14-30-12-16/h1-6,10-14H,7-9H2,(H,31,32,33)/i26-1. The van der Waals surface area contributed by atoms with E-state index in [-0.39, 0.29) is 23.9 Å². The van der Waals surface area contributed by atoms with Gasteiger partial charge in [-0.15, -0.1) is 0 Å². The van der Waals surface area contributed by atoms with Crippen LogP contribution in [0.1, 0.15) is 22.3 Å². The van der Waals surface area contributed by atoms with Crippen molar-refractivity contribution in [3.63, 3.8) is 0 Å². The van der Waals surface area contributed by atoms with E-state index >= 15 is 0 Å². The number of alkyl halides is 3. The number of hydrogen-bond acceptors (Lipinski definition) is 6. The topological polar surface area (TPSA) is 90.0 Å². The van der Waals surface area contributed by atoms with Crippen LogP contribution in [0.15, 0.2) is 72.2 Å². The number of H-pyrrole nitrogens is 1. The van der Waals surface area contributed by atoms with Gasteiger partial charge in [-0.05, 0) is 41.5 Å². The monoisotopic (exact) mass is 501 g/mol. The van der Waals surface area contributed by atoms with Crippen molar-refractivity contribution in [2.75, 3.05) is 6.61 Å². The SMILES string of the molecule is O=c1[nH]c(OCCc2ccc(Oc3ccc(Cl)c(C(F)(F)[18F])c3)cc2)ncc1Cc1cncnc1. The number of halogens is 4. The van der Waals surface area contributed by atoms with Gasteiger partial charge in [0.05, 0.1) is 17.2 Å². The average Bonchev–Trinajstić information content (AvgIpc) is 2.83. The van der Waals surface area contributed by atoms with Gasteiger partial charge in [-0.25, -0.2) is 15.0 Å². The van der Waals surface area contributed by atoms with Crippen LogP contribution in [0, 0.1) is 0 Å². The predicted octanol–water partition coefficient (Wildman–Crippen LogP) is 5.24. The fourth-order valence-electron chi connectivity index (χ4n) is 3.16. The van der Waals surface area contributed by atoms with Crippen LogP contribution < -0.4 is 15.0 Å². The molecule has 1 N–H and O–H groups in total. The number of benzene rings is 2. The summed E-state index contributed by atoms with van der Waals surface area (Å²) < 4.78 is 50.1. The molecule has 0 radical (unpaired) electrons. The Balaban J connectivity index is 1.30. The summed E-state index contributed by atoms with van der Waals surface area (Å²) in [5.74, 6) is 0.395. The van der Waals surface area contributed by atoms with E-state index in [1.54, 1.807) is 36.7 Å². The fourth-order valence-corrected chi connectivity index (χ4v) is 3.38. The Labute approximate surface area is 202 Å². The Bertz CT molecular complexity index is 1350. The maximum atomic E-state index is 13.0. The zero-order valence-electron chi connectivity index (χ0n) is 18.1. The normalized spacial score (nSPS) is 11.3. The molecule has 0 aliphatic rings. The highest BCUT2D eigenvalue weighted by molar-refractivity contribution is 6.31. The first kappa shape index (κ1) is 24.2. The van der Waals surface area contributed by atoms with Gasteiger partial charge in [0.15, 0.2) is 0 Å². The van der Waals surface area contributed by atoms with Crippen LogP contribution >= 0.6 is 11.6 Å². The van der Waals surface area contributed by atoms with Gasteiger partial charge in [-0.2, -0.15) is 13.2 Å². The Kier molecular flexibility index (Phi) is 7.31. The lowest BCUT2D eigenvalue weighted by atomic mass is 10.1. The third-order valence-corrected chi connectivity index (χ3v) is 5.22. The minimum atomic E-state index is -4.57. The number of nitrogens with zero attached hydrogens (tertiary/aromatic N) is 3. The van der Waals surface area contributed by atoms with Crippen molar-refractivity contribution in [1.29, 1.82) is 0 Å². The van der Waals surface area contributed by atoms with E-state index in [0.717, 1.165) is 23.3 Å². The molecule has 0 saturated heterocycles. The number of aromatic amines is 1. The molecule has 180 valence electrons. The molecule has 0 aliphatic carbocycles. The quantitative estimate of drug-likeness (QED) is 0.355. The molecular weight excluding hydrogens is 484 g/mol. The molecule has 7 nitrogen and oxygen atoms in total. The van der Waals surface area contributed by atoms with Crippen molar-refractivity contribution in [1.82, 2.24) is 19.9 Å². The third-order valence-electron chi connectivity index (χ3n) is 4.89. The maximum absolute atomic E-state index is 13.0. The molecule has 0 saturated carbocycles. The lowest BCUT2D eigenvalue weighted by molar-refractivity contribution is -0.137. The van der Waals surface area contributed by atoms with Gasteiger partial charge in [0.2, 0.25) is 0 Å². The first-order chi connectivity index (χ1) is 16.8. The van der Waals surface area contributed by atoms with Gasteiger partial charge in [0.25, 0.3) is 11.6 Å². The smallest absolute Gasteiger partial charge is 0.417 e. The predicted molar refractivity (Wildman–Crippen MR) is 122 cm³/mol. The van der Waals surface area contributed by atoms with Crippen LogP contribution in [0.5, 0.6) is 17.5 Å². The molecule has 2 aromatic heterocycles. The first-order valence-corrected chi connectivity index (χ1v) is 10.7. The van der Waals surface area contributed by atoms with Crippen LogP contribution in [0.4, 0.5) is 13.2 Å². The van der Waals surface area contributed by atoms with Crippen LogP contribution in [-0.2, 0) is 19.0 Å². The molecule has 0 aliphatic heterocycles. The summed E-state index contributed by atoms with van der Waals surface area (Å²) in [7, 11) is 0. The summed E-state index contributed by atoms with van der Waals surface area (Å²) in [6, 6.07) is 10.3. The van der Waals surface area contributed by atoms with Crippen molar-refractivity contribution in [3.8, 4) is 17.5 Å². The minimum absolute atomic E-state index is 0.0241. The van der Waals surface area contributed by atoms with Crippen molar-refractivity contribution in [3.05, 3.63) is 105 Å². The molecule has 0 unspecified atom stereocenters. The summed E-state index contributed by atoms with van der Waals surface area (Å²) in [5.41, 5.74) is 0.881. The largest absolute Gasteiger partial charge is 0.464 e. The van der Waals surface area contributed by atoms with Gasteiger partial charge < -0.3 is 9.47 Å². The summed E-state index contributed by atoms with van der Waals surface area (Å²) in [4.78, 5) is 26.8. The zero-order chi connectivity index (χ0) is 24.8. The summed E-state index contributed by atoms with van der Waals surface area (Å²) in [6.07, 6.45) is 2.41. The maximum Gasteiger partial charge on any atom is 0.417 e. The van der Waals surface area contributed by atoms with Gasteiger partial charge in [-0.3, -0.25) is 9.78 Å². The molecule has 35 heavy (non-hydrogen) atoms. The summed E-state index contributed by atoms with van der Waals surface area (Å²) in [5, 5.41) is -0.392. The second-order valence-electron chi connectivity index (χ2n) is 7.45. The second-order valence-corrected chi connectivity index (χ2v) is 7.86. The van der Waals surface area contributed by atoms with E-state index in [4.69, 9.17) is 21.1 Å². The van der Waals surface area contributed by atoms with Crippen molar-refractivity contribution < 1.29 is 22.6 Å². The molecule has 11 heteroatoms. The van der Waals surface area contributed by atoms with E-state index in [2.05, 4.69) is 19.9 Å². The number of aromatic nitrogens is 4. The van der Waals surface area contributed by atoms with Crippen LogP contribution in [0.25, 0.3) is 0 Å². The van der Waals surface area contributed by atoms with E-state index in [1.807, 2.05) is 0 Å². The van der Waals surface area contributed by atoms with Crippen molar-refractivity contribution in [2.45, 2.75) is 19.0 Å². The lowest BCUT2D eigenvalue weighted by Crippen LogP contribution is -2.16. The Morgan fingerprint density at radius 1 is 0.943 bits per heavy atom. The highest BCUT2D eigenvalue weighted by Crippen LogP contribution is 2.37. The highest BCUT2D eigenvalue weighted by Gasteiger charge is 2.33. The van der Waals surface area contributed by atoms with E-state index < -0.39 is 16.8 Å². The Morgan fingerprint density at radius 2 is 1.66 bits per heavy atom. The molecule has 0 spiro atoms. The summed E-state index contributed by atoms with van der Waals surface area (Å²) >= 11 is 5.63. The van der Waals surface area contributed by atoms with Crippen molar-refractivity contribution >= 4 is 11.6 Å². The molecular formula is C24H18ClF3N4O3. The van der Waals surface area contributed by atoms with Crippen molar-refractivity contribution in [2.24, 2.45) is 0 Å². The van der Waals surface area contributed by atoms with Crippen LogP contribution in [-0.4, -0.2) is 26.5 Å². The molecule has 4 aromatic rings. The molecule has 2 aromatic carbocycles. The number of rotatable bonds is 8. The van der Waals surface area contributed by atoms with E-state index in [1.165, 1.54) is 18.6 Å². The molecule has 0 bridgehead atoms. The number of ether oxygens (including phenoxy) is 2. The van der Waals surface area contributed by atoms with E-state index in [0.29, 0.717) is 24.2 Å². The average molecular weight is 502 g/mol. The first-order valence-electron chi connectivity index (χ1n) is 10.4. The van der Waals surface area contributed by atoms with Gasteiger partial charge in [0, 0.05) is 37.0 Å². The molecule has 4 rings (SSSR count). The van der Waals surface area contributed by atoms with Crippen LogP contribution in [0.3, 0.4) is 0 Å². The highest BCUT2D eigenvalue weighted by atomic mass is 35.5. The van der Waals surface area contributed by atoms with Gasteiger partial charge >= 0.3 is 6.18 Å². The fraction of sp³-hybridized carbons (Fsp3) is 0.167. The Morgan fingerprint density at radius 3 is 2.34 bits per heavy atom. The molecule has 0 fully saturated rings. The second kappa shape index (κ2) is 10.6. The van der Waals surface area contributed by atoms with Gasteiger partial charge in [0.1, 0.15) is 17.8 Å². The zero-order valence-corrected chi connectivity index (χ0v) is 18.8. The van der Waals surface area contributed by atoms with Gasteiger partial charge in [-0.1, -0.05) is 23.7 Å². The molecule has 2 heterocycles. The minimum Gasteiger partial charge on any atom is -0.464 e. The Hall–Kier alpha value is -3.92. The molecule has 0 atom stereocenters. The van der Waals surface area contributed by atoms with Crippen LogP contribution in [0.2, 0.25) is 5.02 Å². The molecule has 0 amide bonds.